The van der Waals surface area contributed by atoms with E-state index in [0.29, 0.717) is 0 Å². The Bertz CT molecular complexity index is 535. The maximum Gasteiger partial charge on any atom is 0.338 e. The summed E-state index contributed by atoms with van der Waals surface area (Å²) < 4.78 is 4.90. The van der Waals surface area contributed by atoms with Crippen LogP contribution < -0.4 is 4.74 Å². The highest BCUT2D eigenvalue weighted by Crippen LogP contribution is 2.23. The van der Waals surface area contributed by atoms with E-state index in [2.05, 4.69) is 6.58 Å². The van der Waals surface area contributed by atoms with Crippen molar-refractivity contribution in [3.63, 3.8) is 0 Å². The van der Waals surface area contributed by atoms with Crippen LogP contribution in [0.3, 0.4) is 0 Å². The Morgan fingerprint density at radius 3 is 2.65 bits per heavy atom. The first-order valence-electron chi connectivity index (χ1n) is 4.67. The molecule has 0 bridgehead atoms. The normalized spacial score (nSPS) is 9.18. The summed E-state index contributed by atoms with van der Waals surface area (Å²) in [6.07, 6.45) is 4.94. The molecule has 4 nitrogen and oxygen atoms in total. The third kappa shape index (κ3) is 2.95. The van der Waals surface area contributed by atoms with E-state index in [9.17, 15) is 14.7 Å². The van der Waals surface area contributed by atoms with Gasteiger partial charge in [-0.1, -0.05) is 6.58 Å². The van der Waals surface area contributed by atoms with Gasteiger partial charge in [-0.05, 0) is 31.0 Å². The summed E-state index contributed by atoms with van der Waals surface area (Å²) in [6.45, 7) is 4.92. The van der Waals surface area contributed by atoms with Crippen molar-refractivity contribution in [3.05, 3.63) is 35.9 Å². The molecule has 0 aromatic heterocycles. The van der Waals surface area contributed by atoms with Crippen molar-refractivity contribution >= 4 is 11.8 Å². The fraction of sp³-hybridized carbons (Fsp3) is 0.0769. The number of aromatic hydroxyl groups is 1. The van der Waals surface area contributed by atoms with Gasteiger partial charge in [-0.15, -0.1) is 6.42 Å². The Kier molecular flexibility index (Phi) is 3.68. The lowest BCUT2D eigenvalue weighted by atomic mass is 10.1. The van der Waals surface area contributed by atoms with Gasteiger partial charge in [-0.2, -0.15) is 0 Å². The third-order valence-electron chi connectivity index (χ3n) is 1.90. The number of ketones is 1. The monoisotopic (exact) mass is 230 g/mol. The van der Waals surface area contributed by atoms with Crippen LogP contribution in [0.25, 0.3) is 0 Å². The van der Waals surface area contributed by atoms with E-state index >= 15 is 0 Å². The molecule has 0 spiro atoms. The van der Waals surface area contributed by atoms with Crippen molar-refractivity contribution in [3.8, 4) is 23.8 Å². The van der Waals surface area contributed by atoms with Gasteiger partial charge < -0.3 is 9.84 Å². The Hall–Kier alpha value is -2.54. The largest absolute Gasteiger partial charge is 0.507 e. The number of ether oxygens (including phenoxy) is 1. The number of phenolic OH excluding ortho intramolecular Hbond substituents is 1. The van der Waals surface area contributed by atoms with Crippen LogP contribution in [0.5, 0.6) is 11.5 Å². The van der Waals surface area contributed by atoms with Crippen molar-refractivity contribution in [1.29, 1.82) is 0 Å². The molecule has 1 aromatic rings. The molecule has 0 atom stereocenters. The molecule has 0 heterocycles. The standard InChI is InChI=1S/C13H10O4/c1-4-11(14)10-7-9(5-6-12(10)15)17-13(16)8(2)3/h1,5-7,15H,2H2,3H3. The van der Waals surface area contributed by atoms with E-state index < -0.39 is 11.8 Å². The first-order chi connectivity index (χ1) is 7.95. The lowest BCUT2D eigenvalue weighted by Gasteiger charge is -2.05. The van der Waals surface area contributed by atoms with E-state index in [0.717, 1.165) is 0 Å². The number of carbonyl (C=O) groups excluding carboxylic acids is 2. The number of carbonyl (C=O) groups is 2. The fourth-order valence-electron chi connectivity index (χ4n) is 1.03. The minimum atomic E-state index is -0.685. The number of phenols is 1. The molecule has 86 valence electrons. The quantitative estimate of drug-likeness (QED) is 0.214. The van der Waals surface area contributed by atoms with Crippen molar-refractivity contribution in [2.24, 2.45) is 0 Å². The van der Waals surface area contributed by atoms with Gasteiger partial charge in [0.25, 0.3) is 0 Å². The second-order valence-electron chi connectivity index (χ2n) is 3.32. The smallest absolute Gasteiger partial charge is 0.338 e. The van der Waals surface area contributed by atoms with Crippen LogP contribution in [0.1, 0.15) is 17.3 Å². The van der Waals surface area contributed by atoms with E-state index in [1.807, 2.05) is 5.92 Å². The molecule has 0 amide bonds. The summed E-state index contributed by atoms with van der Waals surface area (Å²) in [5, 5.41) is 9.41. The molecule has 1 N–H and O–H groups in total. The van der Waals surface area contributed by atoms with Gasteiger partial charge >= 0.3 is 5.97 Å². The van der Waals surface area contributed by atoms with Crippen molar-refractivity contribution in [1.82, 2.24) is 0 Å². The Morgan fingerprint density at radius 2 is 2.12 bits per heavy atom. The van der Waals surface area contributed by atoms with Crippen LogP contribution in [-0.4, -0.2) is 16.9 Å². The zero-order valence-corrected chi connectivity index (χ0v) is 9.19. The van der Waals surface area contributed by atoms with E-state index in [4.69, 9.17) is 11.2 Å². The Morgan fingerprint density at radius 1 is 1.47 bits per heavy atom. The molecule has 1 rings (SSSR count). The molecular formula is C13H10O4. The zero-order chi connectivity index (χ0) is 13.0. The molecule has 17 heavy (non-hydrogen) atoms. The average molecular weight is 230 g/mol. The minimum Gasteiger partial charge on any atom is -0.507 e. The van der Waals surface area contributed by atoms with Gasteiger partial charge in [0.15, 0.2) is 0 Å². The predicted molar refractivity (Wildman–Crippen MR) is 61.7 cm³/mol. The maximum absolute atomic E-state index is 11.3. The molecule has 0 aliphatic carbocycles. The third-order valence-corrected chi connectivity index (χ3v) is 1.90. The van der Waals surface area contributed by atoms with Crippen LogP contribution in [0, 0.1) is 12.3 Å². The summed E-state index contributed by atoms with van der Waals surface area (Å²) in [5.41, 5.74) is 0.141. The molecule has 0 aliphatic heterocycles. The highest BCUT2D eigenvalue weighted by Gasteiger charge is 2.12. The van der Waals surface area contributed by atoms with Gasteiger partial charge in [-0.3, -0.25) is 4.79 Å². The summed E-state index contributed by atoms with van der Waals surface area (Å²) in [7, 11) is 0. The molecule has 4 heteroatoms. The summed E-state index contributed by atoms with van der Waals surface area (Å²) >= 11 is 0. The molecule has 0 aliphatic rings. The van der Waals surface area contributed by atoms with Crippen molar-refractivity contribution in [2.75, 3.05) is 0 Å². The van der Waals surface area contributed by atoms with Gasteiger partial charge in [0, 0.05) is 5.57 Å². The molecule has 0 radical (unpaired) electrons. The molecule has 0 saturated carbocycles. The van der Waals surface area contributed by atoms with Crippen molar-refractivity contribution < 1.29 is 19.4 Å². The number of terminal acetylenes is 1. The summed E-state index contributed by atoms with van der Waals surface area (Å²) in [4.78, 5) is 22.5. The minimum absolute atomic E-state index is 0.0838. The highest BCUT2D eigenvalue weighted by molar-refractivity contribution is 6.10. The van der Waals surface area contributed by atoms with E-state index in [1.54, 1.807) is 0 Å². The topological polar surface area (TPSA) is 63.6 Å². The van der Waals surface area contributed by atoms with Gasteiger partial charge in [0.05, 0.1) is 5.56 Å². The number of esters is 1. The van der Waals surface area contributed by atoms with Crippen molar-refractivity contribution in [2.45, 2.75) is 6.92 Å². The SMILES string of the molecule is C#CC(=O)c1cc(OC(=O)C(=C)C)ccc1O. The first-order valence-corrected chi connectivity index (χ1v) is 4.67. The number of hydrogen-bond acceptors (Lipinski definition) is 4. The average Bonchev–Trinajstić information content (AvgIpc) is 2.30. The second-order valence-corrected chi connectivity index (χ2v) is 3.32. The lowest BCUT2D eigenvalue weighted by Crippen LogP contribution is -2.08. The molecule has 0 saturated heterocycles. The van der Waals surface area contributed by atoms with E-state index in [-0.39, 0.29) is 22.6 Å². The predicted octanol–water partition coefficient (Wildman–Crippen LogP) is 1.69. The molecular weight excluding hydrogens is 220 g/mol. The number of hydrogen-bond donors (Lipinski definition) is 1. The Balaban J connectivity index is 3.06. The highest BCUT2D eigenvalue weighted by atomic mass is 16.5. The maximum atomic E-state index is 11.3. The summed E-state index contributed by atoms with van der Waals surface area (Å²) in [5.74, 6) is 0.427. The zero-order valence-electron chi connectivity index (χ0n) is 9.19. The second kappa shape index (κ2) is 4.99. The van der Waals surface area contributed by atoms with Gasteiger partial charge in [0.1, 0.15) is 11.5 Å². The molecule has 0 unspecified atom stereocenters. The van der Waals surface area contributed by atoms with Crippen LogP contribution in [0.4, 0.5) is 0 Å². The van der Waals surface area contributed by atoms with Crippen LogP contribution >= 0.6 is 0 Å². The summed E-state index contributed by atoms with van der Waals surface area (Å²) in [6, 6.07) is 3.79. The molecule has 1 aromatic carbocycles. The van der Waals surface area contributed by atoms with E-state index in [1.165, 1.54) is 25.1 Å². The van der Waals surface area contributed by atoms with Crippen LogP contribution in [-0.2, 0) is 4.79 Å². The Labute approximate surface area is 98.5 Å². The molecule has 0 fully saturated rings. The van der Waals surface area contributed by atoms with Crippen LogP contribution in [0.15, 0.2) is 30.4 Å². The fourth-order valence-corrected chi connectivity index (χ4v) is 1.03. The number of benzene rings is 1. The first kappa shape index (κ1) is 12.5. The number of rotatable bonds is 3. The number of Topliss-reactive ketones (excluding diaryl/α,β-unsaturated/α-hetero) is 1. The van der Waals surface area contributed by atoms with Gasteiger partial charge in [-0.25, -0.2) is 4.79 Å². The van der Waals surface area contributed by atoms with Gasteiger partial charge in [0.2, 0.25) is 5.78 Å². The lowest BCUT2D eigenvalue weighted by molar-refractivity contribution is -0.130. The van der Waals surface area contributed by atoms with Crippen LogP contribution in [0.2, 0.25) is 0 Å².